The molecule has 4 N–H and O–H groups in total. The van der Waals surface area contributed by atoms with Crippen molar-refractivity contribution < 1.29 is 28.5 Å². The Kier molecular flexibility index (Phi) is 9.78. The van der Waals surface area contributed by atoms with E-state index in [0.717, 1.165) is 5.56 Å². The maximum atomic E-state index is 13.8. The van der Waals surface area contributed by atoms with Gasteiger partial charge in [0.2, 0.25) is 0 Å². The van der Waals surface area contributed by atoms with Crippen LogP contribution in [0.1, 0.15) is 42.4 Å². The summed E-state index contributed by atoms with van der Waals surface area (Å²) in [5.41, 5.74) is 7.35. The number of ether oxygens (including phenoxy) is 1. The molecule has 37 heavy (non-hydrogen) atoms. The van der Waals surface area contributed by atoms with Gasteiger partial charge in [0.15, 0.2) is 8.03 Å². The fourth-order valence-corrected chi connectivity index (χ4v) is 6.08. The summed E-state index contributed by atoms with van der Waals surface area (Å²) in [4.78, 5) is 26.0. The molecule has 0 bridgehead atoms. The highest BCUT2D eigenvalue weighted by Gasteiger charge is 2.51. The molecular formula is C28H31N2O6P. The summed E-state index contributed by atoms with van der Waals surface area (Å²) in [5.74, 6) is -3.05. The van der Waals surface area contributed by atoms with Crippen molar-refractivity contribution in [2.75, 3.05) is 6.61 Å². The smallest absolute Gasteiger partial charge is 0.319 e. The van der Waals surface area contributed by atoms with E-state index in [1.165, 1.54) is 0 Å². The number of carboxylic acid groups (broad SMARTS) is 1. The molecule has 0 aliphatic heterocycles. The minimum absolute atomic E-state index is 0.0915. The number of hydrogen-bond acceptors (Lipinski definition) is 6. The normalized spacial score (nSPS) is 14.2. The first-order chi connectivity index (χ1) is 17.8. The third-order valence-corrected chi connectivity index (χ3v) is 8.24. The number of carboxylic acids is 1. The number of rotatable bonds is 13. The zero-order valence-electron chi connectivity index (χ0n) is 20.6. The number of esters is 1. The van der Waals surface area contributed by atoms with Crippen LogP contribution in [0.25, 0.3) is 0 Å². The largest absolute Gasteiger partial charge is 0.481 e. The molecule has 194 valence electrons. The predicted molar refractivity (Wildman–Crippen MR) is 143 cm³/mol. The molecule has 3 unspecified atom stereocenters. The number of aryl methyl sites for hydroxylation is 1. The highest BCUT2D eigenvalue weighted by atomic mass is 31.1. The molecule has 0 saturated heterocycles. The summed E-state index contributed by atoms with van der Waals surface area (Å²) >= 11 is 0. The average molecular weight is 523 g/mol. The van der Waals surface area contributed by atoms with Crippen LogP contribution < -0.4 is 10.5 Å². The molecule has 3 atom stereocenters. The van der Waals surface area contributed by atoms with Crippen LogP contribution >= 0.6 is 8.03 Å². The van der Waals surface area contributed by atoms with E-state index in [2.05, 4.69) is 0 Å². The summed E-state index contributed by atoms with van der Waals surface area (Å²) in [7, 11) is -3.11. The lowest BCUT2D eigenvalue weighted by Gasteiger charge is -2.38. The number of aliphatic carboxylic acids is 1. The van der Waals surface area contributed by atoms with E-state index in [4.69, 9.17) is 20.4 Å². The molecule has 3 aromatic rings. The molecule has 3 rings (SSSR count). The molecule has 0 aliphatic rings. The second kappa shape index (κ2) is 13.0. The van der Waals surface area contributed by atoms with Gasteiger partial charge in [-0.3, -0.25) is 19.6 Å². The van der Waals surface area contributed by atoms with E-state index in [1.54, 1.807) is 61.5 Å². The minimum Gasteiger partial charge on any atom is -0.481 e. The summed E-state index contributed by atoms with van der Waals surface area (Å²) in [6, 6.07) is 24.1. The van der Waals surface area contributed by atoms with Crippen LogP contribution in [0.4, 0.5) is 0 Å². The van der Waals surface area contributed by atoms with Gasteiger partial charge in [-0.1, -0.05) is 72.8 Å². The lowest BCUT2D eigenvalue weighted by Crippen LogP contribution is -2.42. The van der Waals surface area contributed by atoms with E-state index in [9.17, 15) is 19.3 Å². The lowest BCUT2D eigenvalue weighted by atomic mass is 9.79. The topological polar surface area (TPSA) is 140 Å². The Morgan fingerprint density at radius 3 is 2.14 bits per heavy atom. The average Bonchev–Trinajstić information content (AvgIpc) is 2.88. The van der Waals surface area contributed by atoms with Gasteiger partial charge < -0.3 is 20.1 Å². The van der Waals surface area contributed by atoms with Crippen molar-refractivity contribution >= 4 is 25.8 Å². The van der Waals surface area contributed by atoms with E-state index in [1.807, 2.05) is 30.3 Å². The predicted octanol–water partition coefficient (Wildman–Crippen LogP) is 5.02. The summed E-state index contributed by atoms with van der Waals surface area (Å²) < 4.78 is 25.1. The van der Waals surface area contributed by atoms with Gasteiger partial charge in [0.1, 0.15) is 11.6 Å². The third kappa shape index (κ3) is 7.15. The second-order valence-corrected chi connectivity index (χ2v) is 10.5. The van der Waals surface area contributed by atoms with E-state index >= 15 is 0 Å². The fourth-order valence-electron chi connectivity index (χ4n) is 4.38. The fraction of sp³-hybridized carbons (Fsp3) is 0.250. The van der Waals surface area contributed by atoms with Crippen LogP contribution in [-0.2, 0) is 25.1 Å². The van der Waals surface area contributed by atoms with Crippen molar-refractivity contribution in [2.24, 2.45) is 5.73 Å². The number of nitrogen functional groups attached to an aromatic ring is 1. The molecule has 0 heterocycles. The van der Waals surface area contributed by atoms with Crippen molar-refractivity contribution in [3.05, 3.63) is 102 Å². The molecule has 0 spiro atoms. The van der Waals surface area contributed by atoms with Crippen LogP contribution in [0.5, 0.6) is 5.75 Å². The van der Waals surface area contributed by atoms with Gasteiger partial charge in [0.05, 0.1) is 24.1 Å². The standard InChI is InChI=1S/C28H31N2O6P/c1-2-35-37(34)28(19-24(31)32,18-17-20-9-5-3-6-10-20)25(21-13-15-22(16-14-21)26(29)30)27(33)36-23-11-7-4-8-12-23/h3-16,25,37H,2,17-19H2,1H3,(H3,29,30)(H,31,32). The van der Waals surface area contributed by atoms with E-state index in [0.29, 0.717) is 17.5 Å². The SMILES string of the molecule is CCO[PH](=O)C(CCc1ccccc1)(CC(=O)O)C(C(=O)Oc1ccccc1)c1ccc(C(=N)N)cc1. The molecular weight excluding hydrogens is 491 g/mol. The molecule has 0 radical (unpaired) electrons. The second-order valence-electron chi connectivity index (χ2n) is 8.64. The number of benzene rings is 3. The molecule has 0 fully saturated rings. The van der Waals surface area contributed by atoms with Crippen molar-refractivity contribution in [3.8, 4) is 5.75 Å². The molecule has 8 nitrogen and oxygen atoms in total. The number of para-hydroxylation sites is 1. The quantitative estimate of drug-likeness (QED) is 0.0942. The minimum atomic E-state index is -3.11. The van der Waals surface area contributed by atoms with Crippen LogP contribution in [0.2, 0.25) is 0 Å². The van der Waals surface area contributed by atoms with Crippen LogP contribution in [0, 0.1) is 5.41 Å². The van der Waals surface area contributed by atoms with Crippen molar-refractivity contribution in [1.82, 2.24) is 0 Å². The van der Waals surface area contributed by atoms with Gasteiger partial charge in [-0.2, -0.15) is 0 Å². The highest BCUT2D eigenvalue weighted by Crippen LogP contribution is 2.55. The molecule has 0 aliphatic carbocycles. The maximum absolute atomic E-state index is 13.8. The highest BCUT2D eigenvalue weighted by molar-refractivity contribution is 7.41. The summed E-state index contributed by atoms with van der Waals surface area (Å²) in [5, 5.41) is 16.1. The maximum Gasteiger partial charge on any atom is 0.319 e. The first-order valence-electron chi connectivity index (χ1n) is 11.9. The first kappa shape index (κ1) is 27.8. The Morgan fingerprint density at radius 1 is 1.00 bits per heavy atom. The van der Waals surface area contributed by atoms with Gasteiger partial charge in [0, 0.05) is 5.56 Å². The van der Waals surface area contributed by atoms with Crippen LogP contribution in [0.15, 0.2) is 84.9 Å². The van der Waals surface area contributed by atoms with Crippen LogP contribution in [0.3, 0.4) is 0 Å². The molecule has 0 aromatic heterocycles. The monoisotopic (exact) mass is 522 g/mol. The Morgan fingerprint density at radius 2 is 1.59 bits per heavy atom. The van der Waals surface area contributed by atoms with Crippen molar-refractivity contribution in [3.63, 3.8) is 0 Å². The molecule has 0 amide bonds. The molecule has 0 saturated carbocycles. The van der Waals surface area contributed by atoms with Gasteiger partial charge in [-0.05, 0) is 43.0 Å². The number of amidine groups is 1. The van der Waals surface area contributed by atoms with Gasteiger partial charge >= 0.3 is 11.9 Å². The Balaban J connectivity index is 2.17. The van der Waals surface area contributed by atoms with Gasteiger partial charge in [0.25, 0.3) is 0 Å². The van der Waals surface area contributed by atoms with Gasteiger partial charge in [-0.15, -0.1) is 0 Å². The third-order valence-electron chi connectivity index (χ3n) is 6.16. The molecule has 3 aromatic carbocycles. The first-order valence-corrected chi connectivity index (χ1v) is 13.2. The zero-order valence-corrected chi connectivity index (χ0v) is 21.6. The Bertz CT molecular complexity index is 1230. The zero-order chi connectivity index (χ0) is 26.8. The number of hydrogen-bond donors (Lipinski definition) is 3. The number of nitrogens with one attached hydrogen (secondary N) is 1. The van der Waals surface area contributed by atoms with Gasteiger partial charge in [-0.25, -0.2) is 0 Å². The van der Waals surface area contributed by atoms with E-state index in [-0.39, 0.29) is 24.6 Å². The molecule has 9 heteroatoms. The number of nitrogens with two attached hydrogens (primary N) is 1. The lowest BCUT2D eigenvalue weighted by molar-refractivity contribution is -0.140. The summed E-state index contributed by atoms with van der Waals surface area (Å²) in [6.07, 6.45) is -0.0942. The number of carbonyl (C=O) groups excluding carboxylic acids is 1. The Hall–Kier alpha value is -3.74. The van der Waals surface area contributed by atoms with Crippen molar-refractivity contribution in [2.45, 2.75) is 37.3 Å². The van der Waals surface area contributed by atoms with Crippen molar-refractivity contribution in [1.29, 1.82) is 5.41 Å². The van der Waals surface area contributed by atoms with E-state index < -0.39 is 37.5 Å². The summed E-state index contributed by atoms with van der Waals surface area (Å²) in [6.45, 7) is 1.76. The number of carbonyl (C=O) groups is 2. The Labute approximate surface area is 216 Å². The van der Waals surface area contributed by atoms with Crippen LogP contribution in [-0.4, -0.2) is 34.6 Å².